The Morgan fingerprint density at radius 1 is 0.950 bits per heavy atom. The van der Waals surface area contributed by atoms with E-state index < -0.39 is 5.60 Å². The summed E-state index contributed by atoms with van der Waals surface area (Å²) in [4.78, 5) is 8.11. The van der Waals surface area contributed by atoms with Crippen LogP contribution in [0, 0.1) is 5.82 Å². The quantitative estimate of drug-likeness (QED) is 0.187. The van der Waals surface area contributed by atoms with E-state index in [0.717, 1.165) is 12.8 Å². The third-order valence-electron chi connectivity index (χ3n) is 6.03. The van der Waals surface area contributed by atoms with Gasteiger partial charge in [-0.2, -0.15) is 5.10 Å². The largest absolute Gasteiger partial charge is 0.457 e. The summed E-state index contributed by atoms with van der Waals surface area (Å²) in [5, 5.41) is 17.8. The fourth-order valence-corrected chi connectivity index (χ4v) is 5.27. The summed E-state index contributed by atoms with van der Waals surface area (Å²) in [6, 6.07) is 16.0. The number of nitrogens with zero attached hydrogens (tertiary/aromatic N) is 4. The number of fused-ring (bicyclic) bond motifs is 1. The fourth-order valence-electron chi connectivity index (χ4n) is 4.11. The zero-order chi connectivity index (χ0) is 28.7. The third-order valence-corrected chi connectivity index (χ3v) is 7.09. The monoisotopic (exact) mass is 620 g/mol. The van der Waals surface area contributed by atoms with E-state index in [2.05, 4.69) is 22.0 Å². The molecule has 0 saturated carbocycles. The van der Waals surface area contributed by atoms with Crippen molar-refractivity contribution in [3.8, 4) is 11.5 Å². The molecule has 40 heavy (non-hydrogen) atoms. The molecule has 2 aromatic heterocycles. The van der Waals surface area contributed by atoms with Crippen LogP contribution in [0.2, 0.25) is 20.1 Å². The summed E-state index contributed by atoms with van der Waals surface area (Å²) < 4.78 is 20.2. The minimum Gasteiger partial charge on any atom is -0.457 e. The van der Waals surface area contributed by atoms with E-state index in [1.165, 1.54) is 18.5 Å². The molecule has 6 nitrogen and oxygen atoms in total. The Morgan fingerprint density at radius 2 is 1.70 bits per heavy atom. The summed E-state index contributed by atoms with van der Waals surface area (Å²) in [5.74, 6) is 0.745. The standard InChI is InChI=1S/C15H8Cl2FNO.C14H17Cl2N3O/c16-9-7-12(17)15-13(8-9)19-6-5-14(15)20-11-3-1-10(18)2-4-11;1-2-3-6-14(20,8-19-10-17-9-18-19)12-5-4-11(15)7-13(12)16/h1-8H;4-5,7,9-10,20H,2-3,6,8H2,1H3. The van der Waals surface area contributed by atoms with Crippen LogP contribution in [0.15, 0.2) is 79.5 Å². The number of pyridine rings is 1. The summed E-state index contributed by atoms with van der Waals surface area (Å²) >= 11 is 24.3. The van der Waals surface area contributed by atoms with Gasteiger partial charge in [0.25, 0.3) is 0 Å². The van der Waals surface area contributed by atoms with Gasteiger partial charge >= 0.3 is 0 Å². The topological polar surface area (TPSA) is 73.1 Å². The first-order chi connectivity index (χ1) is 19.2. The molecule has 0 bridgehead atoms. The molecule has 0 amide bonds. The third kappa shape index (κ3) is 7.62. The highest BCUT2D eigenvalue weighted by molar-refractivity contribution is 6.39. The fraction of sp³-hybridized carbons (Fsp3) is 0.207. The Morgan fingerprint density at radius 3 is 2.38 bits per heavy atom. The van der Waals surface area contributed by atoms with Crippen LogP contribution in [-0.2, 0) is 12.1 Å². The Labute approximate surface area is 251 Å². The highest BCUT2D eigenvalue weighted by Crippen LogP contribution is 2.37. The van der Waals surface area contributed by atoms with Gasteiger partial charge in [-0.3, -0.25) is 4.98 Å². The van der Waals surface area contributed by atoms with Crippen molar-refractivity contribution in [2.24, 2.45) is 0 Å². The van der Waals surface area contributed by atoms with Crippen molar-refractivity contribution in [2.75, 3.05) is 0 Å². The van der Waals surface area contributed by atoms with Crippen LogP contribution in [0.5, 0.6) is 11.5 Å². The first kappa shape index (κ1) is 30.0. The number of rotatable bonds is 8. The average molecular weight is 622 g/mol. The van der Waals surface area contributed by atoms with Crippen LogP contribution >= 0.6 is 46.4 Å². The maximum Gasteiger partial charge on any atom is 0.139 e. The molecule has 1 atom stereocenters. The first-order valence-corrected chi connectivity index (χ1v) is 13.9. The molecule has 0 fully saturated rings. The molecule has 1 N–H and O–H groups in total. The Hall–Kier alpha value is -2.94. The molecular formula is C29H25Cl4FN4O2. The highest BCUT2D eigenvalue weighted by Gasteiger charge is 2.32. The number of benzene rings is 3. The van der Waals surface area contributed by atoms with Crippen molar-refractivity contribution in [3.63, 3.8) is 0 Å². The van der Waals surface area contributed by atoms with Crippen molar-refractivity contribution in [1.82, 2.24) is 19.7 Å². The highest BCUT2D eigenvalue weighted by atomic mass is 35.5. The predicted molar refractivity (Wildman–Crippen MR) is 158 cm³/mol. The molecule has 5 aromatic rings. The van der Waals surface area contributed by atoms with Gasteiger partial charge in [0.2, 0.25) is 0 Å². The molecule has 208 valence electrons. The lowest BCUT2D eigenvalue weighted by Gasteiger charge is -2.29. The second kappa shape index (κ2) is 13.6. The SMILES string of the molecule is CCCCC(O)(Cn1cncn1)c1ccc(Cl)cc1Cl.Fc1ccc(Oc2ccnc3cc(Cl)cc(Cl)c23)cc1. The number of aromatic nitrogens is 4. The van der Waals surface area contributed by atoms with Crippen molar-refractivity contribution in [1.29, 1.82) is 0 Å². The molecule has 0 radical (unpaired) electrons. The molecule has 2 heterocycles. The molecule has 0 aliphatic heterocycles. The zero-order valence-corrected chi connectivity index (χ0v) is 24.4. The number of hydrogen-bond donors (Lipinski definition) is 1. The summed E-state index contributed by atoms with van der Waals surface area (Å²) in [6.07, 6.45) is 7.12. The van der Waals surface area contributed by atoms with E-state index in [-0.39, 0.29) is 5.82 Å². The summed E-state index contributed by atoms with van der Waals surface area (Å²) in [6.45, 7) is 2.40. The number of aliphatic hydroxyl groups is 1. The number of halogens is 5. The predicted octanol–water partition coefficient (Wildman–Crippen LogP) is 9.14. The van der Waals surface area contributed by atoms with Gasteiger partial charge in [-0.15, -0.1) is 0 Å². The second-order valence-corrected chi connectivity index (χ2v) is 10.7. The van der Waals surface area contributed by atoms with E-state index >= 15 is 0 Å². The van der Waals surface area contributed by atoms with Crippen LogP contribution in [0.1, 0.15) is 31.7 Å². The van der Waals surface area contributed by atoms with Gasteiger partial charge in [-0.05, 0) is 61.0 Å². The molecule has 3 aromatic carbocycles. The molecule has 0 aliphatic carbocycles. The van der Waals surface area contributed by atoms with Gasteiger partial charge in [0, 0.05) is 26.8 Å². The minimum atomic E-state index is -1.08. The summed E-state index contributed by atoms with van der Waals surface area (Å²) in [7, 11) is 0. The Kier molecular flexibility index (Phi) is 10.2. The number of unbranched alkanes of at least 4 members (excludes halogenated alkanes) is 1. The molecule has 5 rings (SSSR count). The van der Waals surface area contributed by atoms with Crippen LogP contribution in [0.3, 0.4) is 0 Å². The van der Waals surface area contributed by atoms with Gasteiger partial charge < -0.3 is 9.84 Å². The van der Waals surface area contributed by atoms with Crippen LogP contribution < -0.4 is 4.74 Å². The molecule has 0 saturated heterocycles. The Bertz CT molecular complexity index is 1570. The second-order valence-electron chi connectivity index (χ2n) is 9.00. The van der Waals surface area contributed by atoms with Gasteiger partial charge in [0.15, 0.2) is 0 Å². The van der Waals surface area contributed by atoms with Gasteiger partial charge in [0.05, 0.1) is 22.5 Å². The molecule has 11 heteroatoms. The van der Waals surface area contributed by atoms with E-state index in [1.807, 2.05) is 0 Å². The summed E-state index contributed by atoms with van der Waals surface area (Å²) in [5.41, 5.74) is 0.236. The van der Waals surface area contributed by atoms with Crippen LogP contribution in [0.25, 0.3) is 10.9 Å². The first-order valence-electron chi connectivity index (χ1n) is 12.4. The lowest BCUT2D eigenvalue weighted by Crippen LogP contribution is -2.32. The lowest BCUT2D eigenvalue weighted by molar-refractivity contribution is 0.00429. The van der Waals surface area contributed by atoms with Crippen molar-refractivity contribution in [2.45, 2.75) is 38.3 Å². The van der Waals surface area contributed by atoms with Crippen molar-refractivity contribution in [3.05, 3.63) is 111 Å². The number of hydrogen-bond acceptors (Lipinski definition) is 5. The van der Waals surface area contributed by atoms with Crippen molar-refractivity contribution < 1.29 is 14.2 Å². The van der Waals surface area contributed by atoms with Crippen LogP contribution in [-0.4, -0.2) is 24.9 Å². The smallest absolute Gasteiger partial charge is 0.139 e. The van der Waals surface area contributed by atoms with E-state index in [4.69, 9.17) is 51.1 Å². The van der Waals surface area contributed by atoms with E-state index in [1.54, 1.807) is 65.7 Å². The zero-order valence-electron chi connectivity index (χ0n) is 21.4. The normalized spacial score (nSPS) is 12.5. The average Bonchev–Trinajstić information content (AvgIpc) is 3.41. The maximum atomic E-state index is 12.9. The Balaban J connectivity index is 0.000000185. The molecule has 1 unspecified atom stereocenters. The van der Waals surface area contributed by atoms with Gasteiger partial charge in [-0.25, -0.2) is 14.1 Å². The maximum absolute atomic E-state index is 12.9. The van der Waals surface area contributed by atoms with Gasteiger partial charge in [-0.1, -0.05) is 72.2 Å². The van der Waals surface area contributed by atoms with Crippen LogP contribution in [0.4, 0.5) is 4.39 Å². The van der Waals surface area contributed by atoms with E-state index in [9.17, 15) is 9.50 Å². The molecular weight excluding hydrogens is 597 g/mol. The number of ether oxygens (including phenoxy) is 1. The van der Waals surface area contributed by atoms with Gasteiger partial charge in [0.1, 0.15) is 35.6 Å². The molecule has 0 spiro atoms. The van der Waals surface area contributed by atoms with Crippen molar-refractivity contribution >= 4 is 57.3 Å². The lowest BCUT2D eigenvalue weighted by atomic mass is 9.88. The van der Waals surface area contributed by atoms with E-state index in [0.29, 0.717) is 61.0 Å². The minimum absolute atomic E-state index is 0.314. The molecule has 0 aliphatic rings.